The number of benzene rings is 2. The minimum Gasteiger partial charge on any atom is -0.456 e. The quantitative estimate of drug-likeness (QED) is 0.120. The number of para-hydroxylation sites is 1. The summed E-state index contributed by atoms with van der Waals surface area (Å²) < 4.78 is 52.9. The Bertz CT molecular complexity index is 1650. The predicted molar refractivity (Wildman–Crippen MR) is 143 cm³/mol. The fourth-order valence-electron chi connectivity index (χ4n) is 3.76. The summed E-state index contributed by atoms with van der Waals surface area (Å²) in [5, 5.41) is 5.77. The van der Waals surface area contributed by atoms with Crippen molar-refractivity contribution in [2.75, 3.05) is 9.91 Å². The predicted octanol–water partition coefficient (Wildman–Crippen LogP) is 6.50. The van der Waals surface area contributed by atoms with Gasteiger partial charge < -0.3 is 19.9 Å². The van der Waals surface area contributed by atoms with Crippen LogP contribution in [0.1, 0.15) is 11.1 Å². The van der Waals surface area contributed by atoms with Crippen LogP contribution in [0.25, 0.3) is 11.3 Å². The third-order valence-electron chi connectivity index (χ3n) is 5.60. The Morgan fingerprint density at radius 2 is 1.41 bits per heavy atom. The smallest absolute Gasteiger partial charge is 0.129 e. The van der Waals surface area contributed by atoms with Gasteiger partial charge in [-0.3, -0.25) is 13.8 Å². The van der Waals surface area contributed by atoms with Crippen LogP contribution in [0.2, 0.25) is 0 Å². The Labute approximate surface area is 248 Å². The van der Waals surface area contributed by atoms with Gasteiger partial charge in [-0.25, -0.2) is 8.78 Å². The van der Waals surface area contributed by atoms with Gasteiger partial charge in [0.2, 0.25) is 0 Å². The number of amidine groups is 1. The summed E-state index contributed by atoms with van der Waals surface area (Å²) in [6.45, 7) is 3.48. The molecule has 1 aliphatic rings. The van der Waals surface area contributed by atoms with Crippen LogP contribution >= 0.6 is 0 Å². The number of aromatic nitrogens is 3. The van der Waals surface area contributed by atoms with E-state index in [1.165, 1.54) is 5.01 Å². The van der Waals surface area contributed by atoms with Gasteiger partial charge in [0.1, 0.15) is 23.7 Å². The van der Waals surface area contributed by atoms with Crippen LogP contribution in [0.15, 0.2) is 96.2 Å². The molecule has 1 aliphatic heterocycles. The molecule has 4 heterocycles. The molecule has 0 saturated carbocycles. The molecule has 0 N–H and O–H groups in total. The molecule has 0 aliphatic carbocycles. The zero-order chi connectivity index (χ0) is 28.1. The average molecular weight is 735 g/mol. The van der Waals surface area contributed by atoms with Gasteiger partial charge in [0.05, 0.1) is 5.95 Å². The molecule has 0 fully saturated rings. The molecule has 210 valence electrons. The maximum absolute atomic E-state index is 14.0. The molecule has 0 atom stereocenters. The van der Waals surface area contributed by atoms with Crippen LogP contribution in [0.5, 0.6) is 0 Å². The van der Waals surface area contributed by atoms with E-state index in [4.69, 9.17) is 0 Å². The first kappa shape index (κ1) is 29.5. The normalized spacial score (nSPS) is 12.3. The van der Waals surface area contributed by atoms with Gasteiger partial charge in [-0.15, -0.1) is 18.8 Å². The van der Waals surface area contributed by atoms with Gasteiger partial charge >= 0.3 is 0 Å². The standard InChI is InChI=1S/C19H12F2N4.C11H7F2N2.Pt/c20-17-12-11-16(18(21)22-17)25-13-24(15-9-5-2-6-10-15)19(23-25)14-7-3-1-4-8-14;1-7-4-5-14-9(6-7)8-2-3-10(12)15-11(8)13;/h1-10,12-13H;3-6H,1H3;/q-2;-1;. The summed E-state index contributed by atoms with van der Waals surface area (Å²) >= 11 is 0. The number of hydrogen-bond donors (Lipinski definition) is 0. The van der Waals surface area contributed by atoms with Crippen molar-refractivity contribution in [2.24, 2.45) is 5.10 Å². The molecule has 5 aromatic rings. The Hall–Kier alpha value is -4.43. The van der Waals surface area contributed by atoms with Crippen LogP contribution in [0.3, 0.4) is 0 Å². The first-order chi connectivity index (χ1) is 19.4. The molecule has 0 bridgehead atoms. The Kier molecular flexibility index (Phi) is 9.57. The van der Waals surface area contributed by atoms with Crippen molar-refractivity contribution >= 4 is 17.2 Å². The molecule has 0 spiro atoms. The SMILES string of the molecule is Cc1ccnc(-c2[c-]cc(F)nc2F)c1.Fc1c[c-]c(N2[CH-]N(c3ccccc3)C(c3ccccc3)=N2)c(F)n1.[Pt]. The first-order valence-corrected chi connectivity index (χ1v) is 11.9. The van der Waals surface area contributed by atoms with E-state index in [1.54, 1.807) is 25.0 Å². The second-order valence-corrected chi connectivity index (χ2v) is 8.43. The molecule has 0 unspecified atom stereocenters. The summed E-state index contributed by atoms with van der Waals surface area (Å²) in [5.74, 6) is -3.06. The molecule has 3 aromatic heterocycles. The summed E-state index contributed by atoms with van der Waals surface area (Å²) in [6, 6.07) is 29.5. The summed E-state index contributed by atoms with van der Waals surface area (Å²) in [6.07, 6.45) is 1.56. The Morgan fingerprint density at radius 1 is 0.780 bits per heavy atom. The number of halogens is 4. The molecule has 41 heavy (non-hydrogen) atoms. The zero-order valence-electron chi connectivity index (χ0n) is 21.2. The third-order valence-corrected chi connectivity index (χ3v) is 5.60. The van der Waals surface area contributed by atoms with E-state index >= 15 is 0 Å². The zero-order valence-corrected chi connectivity index (χ0v) is 23.5. The molecule has 0 saturated heterocycles. The van der Waals surface area contributed by atoms with Crippen molar-refractivity contribution in [3.63, 3.8) is 0 Å². The van der Waals surface area contributed by atoms with Crippen molar-refractivity contribution in [1.82, 2.24) is 15.0 Å². The topological polar surface area (TPSA) is 57.5 Å². The van der Waals surface area contributed by atoms with Crippen LogP contribution in [0.4, 0.5) is 28.9 Å². The second-order valence-electron chi connectivity index (χ2n) is 8.43. The first-order valence-electron chi connectivity index (χ1n) is 11.9. The molecule has 0 amide bonds. The van der Waals surface area contributed by atoms with E-state index < -0.39 is 23.8 Å². The molecular weight excluding hydrogens is 715 g/mol. The van der Waals surface area contributed by atoms with Crippen molar-refractivity contribution in [3.8, 4) is 11.3 Å². The fourth-order valence-corrected chi connectivity index (χ4v) is 3.76. The Morgan fingerprint density at radius 3 is 2.05 bits per heavy atom. The van der Waals surface area contributed by atoms with Crippen molar-refractivity contribution in [1.29, 1.82) is 0 Å². The second kappa shape index (κ2) is 13.3. The number of nitrogens with zero attached hydrogens (tertiary/aromatic N) is 6. The van der Waals surface area contributed by atoms with Crippen LogP contribution < -0.4 is 9.91 Å². The third kappa shape index (κ3) is 7.02. The van der Waals surface area contributed by atoms with Gasteiger partial charge in [0, 0.05) is 38.5 Å². The molecule has 6 rings (SSSR count). The van der Waals surface area contributed by atoms with Gasteiger partial charge in [-0.2, -0.15) is 11.2 Å². The van der Waals surface area contributed by atoms with Crippen molar-refractivity contribution < 1.29 is 38.6 Å². The van der Waals surface area contributed by atoms with E-state index in [0.29, 0.717) is 11.5 Å². The number of anilines is 2. The number of pyridine rings is 3. The number of hydrazone groups is 1. The van der Waals surface area contributed by atoms with Crippen LogP contribution in [-0.2, 0) is 21.1 Å². The molecule has 11 heteroatoms. The fraction of sp³-hybridized carbons (Fsp3) is 0.0333. The van der Waals surface area contributed by atoms with Gasteiger partial charge in [-0.1, -0.05) is 71.8 Å². The summed E-state index contributed by atoms with van der Waals surface area (Å²) in [4.78, 5) is 12.1. The van der Waals surface area contributed by atoms with E-state index in [0.717, 1.165) is 28.9 Å². The number of aryl methyl sites for hydroxylation is 1. The molecule has 6 nitrogen and oxygen atoms in total. The maximum Gasteiger partial charge on any atom is 0.129 e. The van der Waals surface area contributed by atoms with Gasteiger partial charge in [0.15, 0.2) is 0 Å². The van der Waals surface area contributed by atoms with Gasteiger partial charge in [-0.05, 0) is 36.5 Å². The van der Waals surface area contributed by atoms with Crippen LogP contribution in [-0.4, -0.2) is 20.8 Å². The Balaban J connectivity index is 0.000000208. The van der Waals surface area contributed by atoms with E-state index in [2.05, 4.69) is 32.2 Å². The maximum atomic E-state index is 14.0. The molecule has 0 radical (unpaired) electrons. The molecule has 2 aromatic carbocycles. The summed E-state index contributed by atoms with van der Waals surface area (Å²) in [5.41, 5.74) is 3.11. The van der Waals surface area contributed by atoms with Crippen molar-refractivity contribution in [2.45, 2.75) is 6.92 Å². The van der Waals surface area contributed by atoms with E-state index in [1.807, 2.05) is 72.5 Å². The van der Waals surface area contributed by atoms with Crippen molar-refractivity contribution in [3.05, 3.63) is 145 Å². The largest absolute Gasteiger partial charge is 0.456 e. The summed E-state index contributed by atoms with van der Waals surface area (Å²) in [7, 11) is 0. The molecular formula is C30H19F4N6Pt-3. The van der Waals surface area contributed by atoms with Crippen LogP contribution in [0, 0.1) is 49.5 Å². The monoisotopic (exact) mass is 734 g/mol. The average Bonchev–Trinajstić information content (AvgIpc) is 3.40. The minimum atomic E-state index is -0.970. The van der Waals surface area contributed by atoms with E-state index in [-0.39, 0.29) is 32.3 Å². The minimum absolute atomic E-state index is 0. The number of hydrogen-bond acceptors (Lipinski definition) is 6. The number of rotatable bonds is 4. The van der Waals surface area contributed by atoms with E-state index in [9.17, 15) is 17.6 Å². The van der Waals surface area contributed by atoms with Gasteiger partial charge in [0.25, 0.3) is 0 Å².